The summed E-state index contributed by atoms with van der Waals surface area (Å²) in [7, 11) is 0. The molecule has 1 atom stereocenters. The Bertz CT molecular complexity index is 693. The molecule has 116 valence electrons. The van der Waals surface area contributed by atoms with Crippen molar-refractivity contribution in [2.45, 2.75) is 33.2 Å². The summed E-state index contributed by atoms with van der Waals surface area (Å²) < 4.78 is 0. The molecule has 22 heavy (non-hydrogen) atoms. The minimum atomic E-state index is -0.386. The summed E-state index contributed by atoms with van der Waals surface area (Å²) in [4.78, 5) is 31.0. The number of hydrogen-bond acceptors (Lipinski definition) is 3. The van der Waals surface area contributed by atoms with Crippen LogP contribution in [0.3, 0.4) is 0 Å². The van der Waals surface area contributed by atoms with Crippen molar-refractivity contribution in [1.82, 2.24) is 15.3 Å². The average molecular weight is 299 g/mol. The van der Waals surface area contributed by atoms with Crippen LogP contribution in [-0.4, -0.2) is 21.9 Å². The summed E-state index contributed by atoms with van der Waals surface area (Å²) >= 11 is 0. The number of nitrogens with one attached hydrogen (secondary N) is 2. The van der Waals surface area contributed by atoms with Gasteiger partial charge in [-0.1, -0.05) is 13.8 Å². The molecule has 0 bridgehead atoms. The maximum absolute atomic E-state index is 12.2. The minimum absolute atomic E-state index is 0.0341. The van der Waals surface area contributed by atoms with Gasteiger partial charge in [-0.25, -0.2) is 0 Å². The lowest BCUT2D eigenvalue weighted by Gasteiger charge is -2.15. The van der Waals surface area contributed by atoms with Crippen LogP contribution >= 0.6 is 0 Å². The molecule has 5 nitrogen and oxygen atoms in total. The van der Waals surface area contributed by atoms with Crippen LogP contribution < -0.4 is 10.9 Å². The van der Waals surface area contributed by atoms with Gasteiger partial charge in [0.2, 0.25) is 0 Å². The van der Waals surface area contributed by atoms with Crippen molar-refractivity contribution in [2.75, 3.05) is 0 Å². The molecule has 0 aliphatic heterocycles. The zero-order valence-corrected chi connectivity index (χ0v) is 13.1. The Labute approximate surface area is 129 Å². The minimum Gasteiger partial charge on any atom is -0.349 e. The second-order valence-corrected chi connectivity index (χ2v) is 5.85. The molecule has 0 saturated heterocycles. The first-order valence-corrected chi connectivity index (χ1v) is 7.42. The summed E-state index contributed by atoms with van der Waals surface area (Å²) in [6.45, 7) is 6.13. The normalized spacial score (nSPS) is 12.2. The Morgan fingerprint density at radius 1 is 1.18 bits per heavy atom. The molecule has 0 saturated carbocycles. The maximum Gasteiger partial charge on any atom is 0.261 e. The number of nitrogens with zero attached hydrogens (tertiary/aromatic N) is 1. The summed E-state index contributed by atoms with van der Waals surface area (Å²) in [6.07, 6.45) is 4.18. The molecule has 0 fully saturated rings. The molecule has 2 aromatic rings. The molecule has 0 spiro atoms. The lowest BCUT2D eigenvalue weighted by atomic mass is 10.0. The Hall–Kier alpha value is -2.43. The van der Waals surface area contributed by atoms with E-state index in [4.69, 9.17) is 0 Å². The van der Waals surface area contributed by atoms with Gasteiger partial charge < -0.3 is 10.3 Å². The standard InChI is InChI=1S/C17H21N3O2/c1-11(2)10-12(3)19-16(21)14-4-5-15(20-17(14)22)13-6-8-18-9-7-13/h4-9,11-12H,10H2,1-3H3,(H,19,21)(H,20,22)/t12-/m0/s1. The molecule has 2 heterocycles. The van der Waals surface area contributed by atoms with E-state index in [1.54, 1.807) is 36.7 Å². The van der Waals surface area contributed by atoms with Gasteiger partial charge in [0.1, 0.15) is 5.56 Å². The van der Waals surface area contributed by atoms with E-state index < -0.39 is 0 Å². The molecule has 5 heteroatoms. The summed E-state index contributed by atoms with van der Waals surface area (Å²) in [5.74, 6) is 0.151. The number of aromatic nitrogens is 2. The monoisotopic (exact) mass is 299 g/mol. The van der Waals surface area contributed by atoms with Gasteiger partial charge in [0.05, 0.1) is 0 Å². The third kappa shape index (κ3) is 4.04. The van der Waals surface area contributed by atoms with Crippen molar-refractivity contribution < 1.29 is 4.79 Å². The maximum atomic E-state index is 12.2. The largest absolute Gasteiger partial charge is 0.349 e. The van der Waals surface area contributed by atoms with E-state index in [2.05, 4.69) is 29.1 Å². The van der Waals surface area contributed by atoms with Gasteiger partial charge in [0, 0.05) is 29.7 Å². The first kappa shape index (κ1) is 15.9. The highest BCUT2D eigenvalue weighted by molar-refractivity contribution is 5.94. The van der Waals surface area contributed by atoms with Crippen molar-refractivity contribution in [2.24, 2.45) is 5.92 Å². The van der Waals surface area contributed by atoms with E-state index >= 15 is 0 Å². The average Bonchev–Trinajstić information content (AvgIpc) is 2.46. The van der Waals surface area contributed by atoms with Crippen LogP contribution in [0.1, 0.15) is 37.6 Å². The molecular weight excluding hydrogens is 278 g/mol. The number of amides is 1. The Balaban J connectivity index is 2.16. The van der Waals surface area contributed by atoms with E-state index in [-0.39, 0.29) is 23.1 Å². The molecular formula is C17H21N3O2. The van der Waals surface area contributed by atoms with Gasteiger partial charge in [-0.05, 0) is 43.5 Å². The highest BCUT2D eigenvalue weighted by Gasteiger charge is 2.14. The molecule has 2 aromatic heterocycles. The highest BCUT2D eigenvalue weighted by Crippen LogP contribution is 2.14. The van der Waals surface area contributed by atoms with Crippen LogP contribution in [0.15, 0.2) is 41.5 Å². The van der Waals surface area contributed by atoms with Crippen LogP contribution in [-0.2, 0) is 0 Å². The third-order valence-electron chi connectivity index (χ3n) is 3.35. The first-order chi connectivity index (χ1) is 10.5. The number of carbonyl (C=O) groups excluding carboxylic acids is 1. The fraction of sp³-hybridized carbons (Fsp3) is 0.353. The topological polar surface area (TPSA) is 74.8 Å². The van der Waals surface area contributed by atoms with Crippen molar-refractivity contribution in [3.05, 3.63) is 52.6 Å². The number of pyridine rings is 2. The Kier molecular flexibility index (Phi) is 5.09. The van der Waals surface area contributed by atoms with Crippen LogP contribution in [0.5, 0.6) is 0 Å². The fourth-order valence-corrected chi connectivity index (χ4v) is 2.42. The van der Waals surface area contributed by atoms with Crippen LogP contribution in [0.2, 0.25) is 0 Å². The quantitative estimate of drug-likeness (QED) is 0.891. The van der Waals surface area contributed by atoms with Gasteiger partial charge in [0.15, 0.2) is 0 Å². The van der Waals surface area contributed by atoms with E-state index in [0.717, 1.165) is 12.0 Å². The number of rotatable bonds is 5. The van der Waals surface area contributed by atoms with Gasteiger partial charge in [0.25, 0.3) is 11.5 Å². The Morgan fingerprint density at radius 3 is 2.45 bits per heavy atom. The lowest BCUT2D eigenvalue weighted by molar-refractivity contribution is 0.0934. The lowest BCUT2D eigenvalue weighted by Crippen LogP contribution is -2.36. The van der Waals surface area contributed by atoms with E-state index in [1.807, 2.05) is 6.92 Å². The van der Waals surface area contributed by atoms with Crippen molar-refractivity contribution in [3.8, 4) is 11.3 Å². The second-order valence-electron chi connectivity index (χ2n) is 5.85. The summed E-state index contributed by atoms with van der Waals surface area (Å²) in [6, 6.07) is 6.93. The van der Waals surface area contributed by atoms with Crippen LogP contribution in [0.25, 0.3) is 11.3 Å². The number of hydrogen-bond donors (Lipinski definition) is 2. The predicted molar refractivity (Wildman–Crippen MR) is 86.7 cm³/mol. The third-order valence-corrected chi connectivity index (χ3v) is 3.35. The number of aromatic amines is 1. The summed E-state index contributed by atoms with van der Waals surface area (Å²) in [5.41, 5.74) is 1.27. The van der Waals surface area contributed by atoms with Crippen molar-refractivity contribution in [3.63, 3.8) is 0 Å². The summed E-state index contributed by atoms with van der Waals surface area (Å²) in [5, 5.41) is 2.86. The van der Waals surface area contributed by atoms with Gasteiger partial charge in [-0.2, -0.15) is 0 Å². The molecule has 0 aliphatic rings. The zero-order valence-electron chi connectivity index (χ0n) is 13.1. The van der Waals surface area contributed by atoms with Crippen LogP contribution in [0.4, 0.5) is 0 Å². The van der Waals surface area contributed by atoms with Crippen molar-refractivity contribution in [1.29, 1.82) is 0 Å². The van der Waals surface area contributed by atoms with Gasteiger partial charge in [-0.3, -0.25) is 14.6 Å². The molecule has 0 radical (unpaired) electrons. The van der Waals surface area contributed by atoms with Gasteiger partial charge in [-0.15, -0.1) is 0 Å². The number of carbonyl (C=O) groups is 1. The predicted octanol–water partition coefficient (Wildman–Crippen LogP) is 2.60. The molecule has 2 rings (SSSR count). The smallest absolute Gasteiger partial charge is 0.261 e. The second kappa shape index (κ2) is 7.02. The van der Waals surface area contributed by atoms with Crippen molar-refractivity contribution >= 4 is 5.91 Å². The molecule has 0 unspecified atom stereocenters. The molecule has 1 amide bonds. The number of H-pyrrole nitrogens is 1. The van der Waals surface area contributed by atoms with E-state index in [9.17, 15) is 9.59 Å². The van der Waals surface area contributed by atoms with Gasteiger partial charge >= 0.3 is 0 Å². The fourth-order valence-electron chi connectivity index (χ4n) is 2.42. The highest BCUT2D eigenvalue weighted by atomic mass is 16.2. The molecule has 2 N–H and O–H groups in total. The SMILES string of the molecule is CC(C)C[C@H](C)NC(=O)c1ccc(-c2ccncc2)[nH]c1=O. The Morgan fingerprint density at radius 2 is 1.86 bits per heavy atom. The van der Waals surface area contributed by atoms with E-state index in [1.165, 1.54) is 0 Å². The molecule has 0 aliphatic carbocycles. The van der Waals surface area contributed by atoms with E-state index in [0.29, 0.717) is 11.6 Å². The van der Waals surface area contributed by atoms with Crippen LogP contribution in [0, 0.1) is 5.92 Å². The first-order valence-electron chi connectivity index (χ1n) is 7.42. The zero-order chi connectivity index (χ0) is 16.1. The molecule has 0 aromatic carbocycles.